The fourth-order valence-corrected chi connectivity index (χ4v) is 4.25. The van der Waals surface area contributed by atoms with E-state index in [-0.39, 0.29) is 12.2 Å². The van der Waals surface area contributed by atoms with Crippen molar-refractivity contribution in [2.75, 3.05) is 0 Å². The molecule has 0 saturated carbocycles. The first-order valence-electron chi connectivity index (χ1n) is 7.84. The van der Waals surface area contributed by atoms with Crippen molar-refractivity contribution in [2.45, 2.75) is 63.8 Å². The van der Waals surface area contributed by atoms with Crippen molar-refractivity contribution in [3.8, 4) is 6.07 Å². The van der Waals surface area contributed by atoms with Crippen molar-refractivity contribution in [1.82, 2.24) is 0 Å². The fourth-order valence-electron chi connectivity index (χ4n) is 4.25. The second-order valence-electron chi connectivity index (χ2n) is 6.84. The van der Waals surface area contributed by atoms with Gasteiger partial charge in [-0.2, -0.15) is 5.26 Å². The summed E-state index contributed by atoms with van der Waals surface area (Å²) in [7, 11) is 0. The van der Waals surface area contributed by atoms with Crippen molar-refractivity contribution in [1.29, 1.82) is 5.26 Å². The summed E-state index contributed by atoms with van der Waals surface area (Å²) in [6, 6.07) is 10.8. The molecule has 1 aromatic carbocycles. The third kappa shape index (κ3) is 2.37. The largest absolute Gasteiger partial charge is 0.388 e. The smallest absolute Gasteiger partial charge is 0.0905 e. The average molecular weight is 285 g/mol. The number of aryl methyl sites for hydroxylation is 1. The zero-order valence-electron chi connectivity index (χ0n) is 12.8. The molecule has 2 aliphatic rings. The Labute approximate surface area is 126 Å². The average Bonchev–Trinajstić information content (AvgIpc) is 2.45. The van der Waals surface area contributed by atoms with E-state index in [0.717, 1.165) is 12.8 Å². The Bertz CT molecular complexity index is 567. The number of rotatable bonds is 1. The second-order valence-corrected chi connectivity index (χ2v) is 6.84. The summed E-state index contributed by atoms with van der Waals surface area (Å²) in [6.07, 6.45) is 3.35. The number of aliphatic hydroxyl groups is 1. The number of nitriles is 1. The third-order valence-corrected chi connectivity index (χ3v) is 5.25. The van der Waals surface area contributed by atoms with Gasteiger partial charge >= 0.3 is 0 Å². The molecule has 21 heavy (non-hydrogen) atoms. The molecule has 1 aliphatic carbocycles. The van der Waals surface area contributed by atoms with Crippen molar-refractivity contribution in [3.05, 3.63) is 35.4 Å². The van der Waals surface area contributed by atoms with Crippen LogP contribution in [0.4, 0.5) is 0 Å². The second kappa shape index (κ2) is 5.12. The van der Waals surface area contributed by atoms with Crippen LogP contribution in [-0.4, -0.2) is 22.9 Å². The van der Waals surface area contributed by atoms with Gasteiger partial charge in [-0.1, -0.05) is 24.3 Å². The van der Waals surface area contributed by atoms with Gasteiger partial charge in [0.25, 0.3) is 0 Å². The maximum absolute atomic E-state index is 11.3. The van der Waals surface area contributed by atoms with Crippen molar-refractivity contribution >= 4 is 0 Å². The van der Waals surface area contributed by atoms with Gasteiger partial charge in [0.05, 0.1) is 29.3 Å². The molecule has 0 bridgehead atoms. The van der Waals surface area contributed by atoms with Crippen LogP contribution in [0.2, 0.25) is 0 Å². The molecular weight excluding hydrogens is 262 g/mol. The highest BCUT2D eigenvalue weighted by molar-refractivity contribution is 5.35. The Balaban J connectivity index is 1.97. The Morgan fingerprint density at radius 2 is 1.81 bits per heavy atom. The van der Waals surface area contributed by atoms with Crippen LogP contribution in [0.3, 0.4) is 0 Å². The molecule has 3 unspecified atom stereocenters. The van der Waals surface area contributed by atoms with Crippen LogP contribution in [0.1, 0.15) is 44.2 Å². The van der Waals surface area contributed by atoms with Gasteiger partial charge < -0.3 is 9.84 Å². The van der Waals surface area contributed by atoms with E-state index < -0.39 is 11.0 Å². The van der Waals surface area contributed by atoms with Gasteiger partial charge in [-0.3, -0.25) is 0 Å². The Kier molecular flexibility index (Phi) is 3.55. The van der Waals surface area contributed by atoms with Gasteiger partial charge in [-0.15, -0.1) is 0 Å². The first kappa shape index (κ1) is 14.6. The molecule has 1 aromatic rings. The van der Waals surface area contributed by atoms with Crippen molar-refractivity contribution < 1.29 is 9.84 Å². The minimum atomic E-state index is -0.952. The van der Waals surface area contributed by atoms with Crippen LogP contribution in [0.25, 0.3) is 0 Å². The van der Waals surface area contributed by atoms with E-state index in [9.17, 15) is 10.4 Å². The monoisotopic (exact) mass is 285 g/mol. The molecule has 3 heteroatoms. The standard InChI is InChI=1S/C18H23NO2/c1-13-9-18(20,10-14(2)21-13)17(12-19)8-7-15-5-3-4-6-16(15)11-17/h3-6,13-14,20H,7-11H2,1-2H3. The maximum atomic E-state index is 11.3. The van der Waals surface area contributed by atoms with E-state index >= 15 is 0 Å². The van der Waals surface area contributed by atoms with E-state index in [1.54, 1.807) is 0 Å². The molecule has 1 aliphatic heterocycles. The minimum Gasteiger partial charge on any atom is -0.388 e. The quantitative estimate of drug-likeness (QED) is 0.863. The topological polar surface area (TPSA) is 53.2 Å². The molecule has 1 N–H and O–H groups in total. The molecule has 3 atom stereocenters. The minimum absolute atomic E-state index is 0.00106. The lowest BCUT2D eigenvalue weighted by Gasteiger charge is -2.50. The molecule has 3 rings (SSSR count). The van der Waals surface area contributed by atoms with Crippen LogP contribution in [-0.2, 0) is 17.6 Å². The highest BCUT2D eigenvalue weighted by atomic mass is 16.5. The first-order chi connectivity index (χ1) is 9.98. The van der Waals surface area contributed by atoms with Crippen molar-refractivity contribution in [3.63, 3.8) is 0 Å². The van der Waals surface area contributed by atoms with E-state index in [1.807, 2.05) is 26.0 Å². The number of benzene rings is 1. The molecule has 0 spiro atoms. The molecule has 0 radical (unpaired) electrons. The number of ether oxygens (including phenoxy) is 1. The highest BCUT2D eigenvalue weighted by Gasteiger charge is 2.54. The molecule has 3 nitrogen and oxygen atoms in total. The Morgan fingerprint density at radius 3 is 2.43 bits per heavy atom. The van der Waals surface area contributed by atoms with Crippen LogP contribution in [0, 0.1) is 16.7 Å². The van der Waals surface area contributed by atoms with Crippen LogP contribution < -0.4 is 0 Å². The third-order valence-electron chi connectivity index (χ3n) is 5.25. The summed E-state index contributed by atoms with van der Waals surface area (Å²) < 4.78 is 5.76. The molecular formula is C18H23NO2. The predicted octanol–water partition coefficient (Wildman–Crippen LogP) is 3.00. The fraction of sp³-hybridized carbons (Fsp3) is 0.611. The molecule has 0 aromatic heterocycles. The van der Waals surface area contributed by atoms with Gasteiger partial charge in [-0.25, -0.2) is 0 Å². The molecule has 1 fully saturated rings. The summed E-state index contributed by atoms with van der Waals surface area (Å²) in [5.74, 6) is 0. The van der Waals surface area contributed by atoms with Crippen LogP contribution in [0.5, 0.6) is 0 Å². The molecule has 112 valence electrons. The SMILES string of the molecule is CC1CC(O)(C2(C#N)CCc3ccccc3C2)CC(C)O1. The van der Waals surface area contributed by atoms with E-state index in [2.05, 4.69) is 18.2 Å². The summed E-state index contributed by atoms with van der Waals surface area (Å²) in [6.45, 7) is 3.98. The number of hydrogen-bond acceptors (Lipinski definition) is 3. The first-order valence-corrected chi connectivity index (χ1v) is 7.84. The number of nitrogens with zero attached hydrogens (tertiary/aromatic N) is 1. The Morgan fingerprint density at radius 1 is 1.19 bits per heavy atom. The maximum Gasteiger partial charge on any atom is 0.0905 e. The van der Waals surface area contributed by atoms with Gasteiger partial charge in [0.2, 0.25) is 0 Å². The zero-order chi connectivity index (χ0) is 15.1. The summed E-state index contributed by atoms with van der Waals surface area (Å²) in [5, 5.41) is 21.2. The summed E-state index contributed by atoms with van der Waals surface area (Å²) in [5.41, 5.74) is 0.894. The summed E-state index contributed by atoms with van der Waals surface area (Å²) in [4.78, 5) is 0. The van der Waals surface area contributed by atoms with Gasteiger partial charge in [-0.05, 0) is 44.2 Å². The summed E-state index contributed by atoms with van der Waals surface area (Å²) >= 11 is 0. The number of hydrogen-bond donors (Lipinski definition) is 1. The van der Waals surface area contributed by atoms with Crippen LogP contribution in [0.15, 0.2) is 24.3 Å². The van der Waals surface area contributed by atoms with E-state index in [4.69, 9.17) is 4.74 Å². The molecule has 1 saturated heterocycles. The highest BCUT2D eigenvalue weighted by Crippen LogP contribution is 2.49. The van der Waals surface area contributed by atoms with Gasteiger partial charge in [0.1, 0.15) is 0 Å². The zero-order valence-corrected chi connectivity index (χ0v) is 12.8. The number of fused-ring (bicyclic) bond motifs is 1. The lowest BCUT2D eigenvalue weighted by atomic mass is 9.59. The van der Waals surface area contributed by atoms with E-state index in [0.29, 0.717) is 19.3 Å². The Hall–Kier alpha value is -1.37. The van der Waals surface area contributed by atoms with Gasteiger partial charge in [0, 0.05) is 12.8 Å². The van der Waals surface area contributed by atoms with Crippen molar-refractivity contribution in [2.24, 2.45) is 5.41 Å². The van der Waals surface area contributed by atoms with Crippen LogP contribution >= 0.6 is 0 Å². The van der Waals surface area contributed by atoms with Gasteiger partial charge in [0.15, 0.2) is 0 Å². The molecule has 1 heterocycles. The lowest BCUT2D eigenvalue weighted by molar-refractivity contribution is -0.175. The van der Waals surface area contributed by atoms with E-state index in [1.165, 1.54) is 11.1 Å². The normalized spacial score (nSPS) is 39.3. The molecule has 0 amide bonds. The predicted molar refractivity (Wildman–Crippen MR) is 80.7 cm³/mol. The lowest BCUT2D eigenvalue weighted by Crippen LogP contribution is -2.56.